The zero-order chi connectivity index (χ0) is 12.4. The van der Waals surface area contributed by atoms with Gasteiger partial charge in [0.1, 0.15) is 0 Å². The Hall–Kier alpha value is -1.14. The molecule has 0 aromatic carbocycles. The van der Waals surface area contributed by atoms with Gasteiger partial charge in [-0.1, -0.05) is 0 Å². The van der Waals surface area contributed by atoms with E-state index in [1.165, 1.54) is 0 Å². The number of carbonyl (C=O) groups is 1. The summed E-state index contributed by atoms with van der Waals surface area (Å²) in [5.74, 6) is 0.884. The number of nitrogens with one attached hydrogen (secondary N) is 1. The number of anilines is 1. The van der Waals surface area contributed by atoms with Crippen molar-refractivity contribution in [2.45, 2.75) is 6.42 Å². The van der Waals surface area contributed by atoms with Gasteiger partial charge in [0, 0.05) is 44.2 Å². The van der Waals surface area contributed by atoms with Crippen molar-refractivity contribution in [3.63, 3.8) is 0 Å². The highest BCUT2D eigenvalue weighted by Gasteiger charge is 2.26. The van der Waals surface area contributed by atoms with E-state index in [1.54, 1.807) is 11.3 Å². The zero-order valence-corrected chi connectivity index (χ0v) is 11.2. The van der Waals surface area contributed by atoms with E-state index in [-0.39, 0.29) is 0 Å². The Morgan fingerprint density at radius 1 is 1.39 bits per heavy atom. The number of hydrogen-bond donors (Lipinski definition) is 1. The SMILES string of the molecule is O=C(CC1CNC1)N1CCN(c2nccs2)CC1. The minimum Gasteiger partial charge on any atom is -0.345 e. The van der Waals surface area contributed by atoms with E-state index in [1.807, 2.05) is 16.5 Å². The van der Waals surface area contributed by atoms with Crippen LogP contribution in [-0.2, 0) is 4.79 Å². The fraction of sp³-hybridized carbons (Fsp3) is 0.667. The van der Waals surface area contributed by atoms with Crippen molar-refractivity contribution in [3.05, 3.63) is 11.6 Å². The Labute approximate surface area is 111 Å². The summed E-state index contributed by atoms with van der Waals surface area (Å²) in [5.41, 5.74) is 0. The lowest BCUT2D eigenvalue weighted by Gasteiger charge is -2.36. The van der Waals surface area contributed by atoms with E-state index in [9.17, 15) is 4.79 Å². The first kappa shape index (κ1) is 11.9. The molecule has 2 fully saturated rings. The summed E-state index contributed by atoms with van der Waals surface area (Å²) >= 11 is 1.67. The van der Waals surface area contributed by atoms with Crippen LogP contribution in [-0.4, -0.2) is 55.1 Å². The van der Waals surface area contributed by atoms with Crippen LogP contribution in [0.3, 0.4) is 0 Å². The van der Waals surface area contributed by atoms with Crippen LogP contribution in [0, 0.1) is 5.92 Å². The van der Waals surface area contributed by atoms with Crippen molar-refractivity contribution in [1.82, 2.24) is 15.2 Å². The highest BCUT2D eigenvalue weighted by molar-refractivity contribution is 7.13. The van der Waals surface area contributed by atoms with Gasteiger partial charge in [-0.05, 0) is 19.0 Å². The second-order valence-corrected chi connectivity index (χ2v) is 5.78. The standard InChI is InChI=1S/C12H18N4OS/c17-11(7-10-8-13-9-10)15-2-4-16(5-3-15)12-14-1-6-18-12/h1,6,10,13H,2-5,7-9H2. The highest BCUT2D eigenvalue weighted by Crippen LogP contribution is 2.19. The van der Waals surface area contributed by atoms with Crippen LogP contribution in [0.5, 0.6) is 0 Å². The van der Waals surface area contributed by atoms with Crippen LogP contribution in [0.15, 0.2) is 11.6 Å². The summed E-state index contributed by atoms with van der Waals surface area (Å²) in [6.45, 7) is 5.48. The molecule has 2 aliphatic rings. The third kappa shape index (κ3) is 2.49. The molecule has 98 valence electrons. The van der Waals surface area contributed by atoms with Crippen molar-refractivity contribution in [2.24, 2.45) is 5.92 Å². The molecule has 0 atom stereocenters. The molecule has 3 rings (SSSR count). The maximum atomic E-state index is 12.1. The van der Waals surface area contributed by atoms with Crippen molar-refractivity contribution >= 4 is 22.4 Å². The van der Waals surface area contributed by atoms with Gasteiger partial charge in [-0.2, -0.15) is 0 Å². The number of aromatic nitrogens is 1. The number of carbonyl (C=O) groups excluding carboxylic acids is 1. The lowest BCUT2D eigenvalue weighted by atomic mass is 9.98. The second-order valence-electron chi connectivity index (χ2n) is 4.91. The molecule has 1 aromatic rings. The van der Waals surface area contributed by atoms with Gasteiger partial charge in [0.2, 0.25) is 5.91 Å². The van der Waals surface area contributed by atoms with Gasteiger partial charge in [0.25, 0.3) is 0 Å². The Kier molecular flexibility index (Phi) is 3.47. The van der Waals surface area contributed by atoms with Crippen LogP contribution in [0.25, 0.3) is 0 Å². The zero-order valence-electron chi connectivity index (χ0n) is 10.3. The molecule has 2 saturated heterocycles. The van der Waals surface area contributed by atoms with Crippen LogP contribution in [0.2, 0.25) is 0 Å². The molecule has 0 aliphatic carbocycles. The first-order chi connectivity index (χ1) is 8.83. The summed E-state index contributed by atoms with van der Waals surface area (Å²) in [7, 11) is 0. The number of thiazole rings is 1. The summed E-state index contributed by atoms with van der Waals surface area (Å²) in [6.07, 6.45) is 2.55. The largest absolute Gasteiger partial charge is 0.345 e. The van der Waals surface area contributed by atoms with Crippen molar-refractivity contribution in [2.75, 3.05) is 44.2 Å². The number of amides is 1. The van der Waals surface area contributed by atoms with Crippen molar-refractivity contribution in [1.29, 1.82) is 0 Å². The topological polar surface area (TPSA) is 48.5 Å². The number of rotatable bonds is 3. The minimum absolute atomic E-state index is 0.320. The average Bonchev–Trinajstić information content (AvgIpc) is 2.87. The third-order valence-electron chi connectivity index (χ3n) is 3.65. The van der Waals surface area contributed by atoms with E-state index in [0.29, 0.717) is 18.2 Å². The summed E-state index contributed by atoms with van der Waals surface area (Å²) in [4.78, 5) is 20.6. The monoisotopic (exact) mass is 266 g/mol. The quantitative estimate of drug-likeness (QED) is 0.860. The Morgan fingerprint density at radius 3 is 2.72 bits per heavy atom. The van der Waals surface area contributed by atoms with Gasteiger partial charge in [0.05, 0.1) is 0 Å². The number of piperazine rings is 1. The maximum Gasteiger partial charge on any atom is 0.223 e. The molecule has 0 unspecified atom stereocenters. The van der Waals surface area contributed by atoms with Gasteiger partial charge in [0.15, 0.2) is 5.13 Å². The maximum absolute atomic E-state index is 12.1. The normalized spacial score (nSPS) is 20.9. The predicted molar refractivity (Wildman–Crippen MR) is 71.9 cm³/mol. The van der Waals surface area contributed by atoms with Crippen LogP contribution >= 0.6 is 11.3 Å². The molecule has 0 radical (unpaired) electrons. The summed E-state index contributed by atoms with van der Waals surface area (Å²) < 4.78 is 0. The first-order valence-corrected chi connectivity index (χ1v) is 7.34. The molecule has 5 nitrogen and oxygen atoms in total. The Morgan fingerprint density at radius 2 is 2.17 bits per heavy atom. The third-order valence-corrected chi connectivity index (χ3v) is 4.48. The fourth-order valence-electron chi connectivity index (χ4n) is 2.39. The van der Waals surface area contributed by atoms with E-state index in [2.05, 4.69) is 15.2 Å². The molecule has 0 spiro atoms. The van der Waals surface area contributed by atoms with Gasteiger partial charge in [-0.25, -0.2) is 4.98 Å². The molecule has 6 heteroatoms. The molecule has 1 aromatic heterocycles. The van der Waals surface area contributed by atoms with E-state index in [4.69, 9.17) is 0 Å². The minimum atomic E-state index is 0.320. The average molecular weight is 266 g/mol. The molecular formula is C12H18N4OS. The van der Waals surface area contributed by atoms with Gasteiger partial charge >= 0.3 is 0 Å². The van der Waals surface area contributed by atoms with Crippen LogP contribution < -0.4 is 10.2 Å². The number of hydrogen-bond acceptors (Lipinski definition) is 5. The lowest BCUT2D eigenvalue weighted by molar-refractivity contribution is -0.132. The molecular weight excluding hydrogens is 248 g/mol. The van der Waals surface area contributed by atoms with E-state index < -0.39 is 0 Å². The van der Waals surface area contributed by atoms with E-state index >= 15 is 0 Å². The molecule has 1 amide bonds. The molecule has 2 aliphatic heterocycles. The van der Waals surface area contributed by atoms with Crippen LogP contribution in [0.4, 0.5) is 5.13 Å². The smallest absolute Gasteiger partial charge is 0.223 e. The molecule has 18 heavy (non-hydrogen) atoms. The Balaban J connectivity index is 1.48. The Bertz CT molecular complexity index is 396. The fourth-order valence-corrected chi connectivity index (χ4v) is 3.08. The number of nitrogens with zero attached hydrogens (tertiary/aromatic N) is 3. The first-order valence-electron chi connectivity index (χ1n) is 6.46. The summed E-state index contributed by atoms with van der Waals surface area (Å²) in [5, 5.41) is 6.28. The van der Waals surface area contributed by atoms with Gasteiger partial charge in [-0.15, -0.1) is 11.3 Å². The van der Waals surface area contributed by atoms with Gasteiger partial charge in [-0.3, -0.25) is 4.79 Å². The van der Waals surface area contributed by atoms with Crippen molar-refractivity contribution < 1.29 is 4.79 Å². The van der Waals surface area contributed by atoms with Crippen LogP contribution in [0.1, 0.15) is 6.42 Å². The highest BCUT2D eigenvalue weighted by atomic mass is 32.1. The molecule has 3 heterocycles. The van der Waals surface area contributed by atoms with Gasteiger partial charge < -0.3 is 15.1 Å². The molecule has 0 saturated carbocycles. The van der Waals surface area contributed by atoms with E-state index in [0.717, 1.165) is 44.4 Å². The molecule has 1 N–H and O–H groups in total. The molecule has 0 bridgehead atoms. The summed E-state index contributed by atoms with van der Waals surface area (Å²) in [6, 6.07) is 0. The predicted octanol–water partition coefficient (Wildman–Crippen LogP) is 0.401. The van der Waals surface area contributed by atoms with Crippen molar-refractivity contribution in [3.8, 4) is 0 Å². The second kappa shape index (κ2) is 5.24. The lowest BCUT2D eigenvalue weighted by Crippen LogP contribution is -2.51.